The summed E-state index contributed by atoms with van der Waals surface area (Å²) in [7, 11) is 0. The lowest BCUT2D eigenvalue weighted by atomic mass is 10.3. The molecule has 0 fully saturated rings. The molecule has 6 heteroatoms. The van der Waals surface area contributed by atoms with Gasteiger partial charge in [0, 0.05) is 6.54 Å². The van der Waals surface area contributed by atoms with E-state index in [0.29, 0.717) is 15.9 Å². The number of H-pyrrole nitrogens is 2. The molecule has 0 radical (unpaired) electrons. The normalized spacial score (nSPS) is 11.0. The maximum atomic E-state index is 11.5. The van der Waals surface area contributed by atoms with Gasteiger partial charge in [-0.15, -0.1) is 0 Å². The topological polar surface area (TPSA) is 66.5 Å². The molecule has 2 aromatic rings. The molecule has 0 saturated heterocycles. The molecule has 2 aromatic heterocycles. The van der Waals surface area contributed by atoms with Gasteiger partial charge in [0.1, 0.15) is 5.52 Å². The van der Waals surface area contributed by atoms with E-state index < -0.39 is 0 Å². The van der Waals surface area contributed by atoms with E-state index in [4.69, 9.17) is 12.2 Å². The highest BCUT2D eigenvalue weighted by Gasteiger charge is 2.06. The summed E-state index contributed by atoms with van der Waals surface area (Å²) < 4.78 is 2.29. The number of aromatic nitrogens is 4. The fourth-order valence-corrected chi connectivity index (χ4v) is 1.78. The number of nitrogens with zero attached hydrogens (tertiary/aromatic N) is 2. The molecule has 0 bridgehead atoms. The highest BCUT2D eigenvalue weighted by Crippen LogP contribution is 2.05. The number of unbranched alkanes of at least 4 members (excludes halogenated alkanes) is 1. The fourth-order valence-electron chi connectivity index (χ4n) is 1.51. The molecule has 0 unspecified atom stereocenters. The third kappa shape index (κ3) is 1.72. The Labute approximate surface area is 91.2 Å². The van der Waals surface area contributed by atoms with Crippen LogP contribution < -0.4 is 5.56 Å². The van der Waals surface area contributed by atoms with Gasteiger partial charge in [0.25, 0.3) is 5.56 Å². The largest absolute Gasteiger partial charge is 0.339 e. The van der Waals surface area contributed by atoms with Gasteiger partial charge in [-0.2, -0.15) is 0 Å². The van der Waals surface area contributed by atoms with E-state index in [1.54, 1.807) is 0 Å². The van der Waals surface area contributed by atoms with Crippen molar-refractivity contribution < 1.29 is 0 Å². The van der Waals surface area contributed by atoms with Crippen molar-refractivity contribution in [2.24, 2.45) is 0 Å². The summed E-state index contributed by atoms with van der Waals surface area (Å²) in [5.41, 5.74) is 0.914. The predicted molar refractivity (Wildman–Crippen MR) is 60.4 cm³/mol. The van der Waals surface area contributed by atoms with Gasteiger partial charge >= 0.3 is 0 Å². The van der Waals surface area contributed by atoms with E-state index in [-0.39, 0.29) is 5.56 Å². The zero-order valence-corrected chi connectivity index (χ0v) is 9.23. The van der Waals surface area contributed by atoms with Gasteiger partial charge in [0.05, 0.1) is 6.33 Å². The molecule has 0 aromatic carbocycles. The summed E-state index contributed by atoms with van der Waals surface area (Å²) in [6.45, 7) is 2.89. The van der Waals surface area contributed by atoms with Gasteiger partial charge in [-0.05, 0) is 18.6 Å². The predicted octanol–water partition coefficient (Wildman–Crippen LogP) is 1.58. The standard InChI is InChI=1S/C9H12N4OS/c1-2-3-4-13-7-6(10-5-11-7)8(14)12-9(13)15/h5H,2-4H2,1H3,(H,10,11)(H,12,14,15). The number of aromatic amines is 2. The number of fused-ring (bicyclic) bond motifs is 1. The van der Waals surface area contributed by atoms with Crippen LogP contribution in [0.15, 0.2) is 11.1 Å². The van der Waals surface area contributed by atoms with E-state index in [1.807, 2.05) is 4.57 Å². The van der Waals surface area contributed by atoms with Crippen LogP contribution >= 0.6 is 12.2 Å². The van der Waals surface area contributed by atoms with E-state index >= 15 is 0 Å². The summed E-state index contributed by atoms with van der Waals surface area (Å²) in [5, 5.41) is 0. The van der Waals surface area contributed by atoms with Crippen LogP contribution in [0.1, 0.15) is 19.8 Å². The van der Waals surface area contributed by atoms with Crippen molar-refractivity contribution in [2.75, 3.05) is 0 Å². The first-order valence-electron chi connectivity index (χ1n) is 4.90. The van der Waals surface area contributed by atoms with Crippen molar-refractivity contribution in [2.45, 2.75) is 26.3 Å². The van der Waals surface area contributed by atoms with Gasteiger partial charge in [-0.1, -0.05) is 13.3 Å². The Morgan fingerprint density at radius 3 is 3.13 bits per heavy atom. The van der Waals surface area contributed by atoms with Crippen LogP contribution in [0.2, 0.25) is 0 Å². The maximum Gasteiger partial charge on any atom is 0.277 e. The molecule has 15 heavy (non-hydrogen) atoms. The quantitative estimate of drug-likeness (QED) is 0.778. The van der Waals surface area contributed by atoms with Crippen LogP contribution in [0, 0.1) is 4.77 Å². The molecule has 0 aliphatic rings. The molecule has 5 nitrogen and oxygen atoms in total. The number of hydrogen-bond acceptors (Lipinski definition) is 3. The third-order valence-corrected chi connectivity index (χ3v) is 2.63. The molecule has 2 rings (SSSR count). The number of rotatable bonds is 3. The first-order chi connectivity index (χ1) is 7.24. The van der Waals surface area contributed by atoms with Crippen LogP contribution in [-0.4, -0.2) is 19.5 Å². The minimum Gasteiger partial charge on any atom is -0.339 e. The lowest BCUT2D eigenvalue weighted by Gasteiger charge is -2.05. The van der Waals surface area contributed by atoms with Gasteiger partial charge in [-0.3, -0.25) is 9.78 Å². The summed E-state index contributed by atoms with van der Waals surface area (Å²) in [4.78, 5) is 21.0. The molecular formula is C9H12N4OS. The van der Waals surface area contributed by atoms with E-state index in [2.05, 4.69) is 21.9 Å². The average Bonchev–Trinajstić information content (AvgIpc) is 2.66. The zero-order chi connectivity index (χ0) is 10.8. The van der Waals surface area contributed by atoms with Crippen LogP contribution in [0.25, 0.3) is 11.2 Å². The Bertz CT molecular complexity index is 580. The van der Waals surface area contributed by atoms with Crippen LogP contribution in [0.3, 0.4) is 0 Å². The molecule has 2 heterocycles. The van der Waals surface area contributed by atoms with Crippen LogP contribution in [0.5, 0.6) is 0 Å². The lowest BCUT2D eigenvalue weighted by molar-refractivity contribution is 0.625. The summed E-state index contributed by atoms with van der Waals surface area (Å²) >= 11 is 5.10. The lowest BCUT2D eigenvalue weighted by Crippen LogP contribution is -2.14. The number of nitrogens with one attached hydrogen (secondary N) is 2. The first kappa shape index (κ1) is 10.1. The van der Waals surface area contributed by atoms with Gasteiger partial charge in [0.2, 0.25) is 0 Å². The van der Waals surface area contributed by atoms with Crippen molar-refractivity contribution >= 4 is 23.4 Å². The van der Waals surface area contributed by atoms with E-state index in [1.165, 1.54) is 6.33 Å². The molecule has 0 amide bonds. The Kier molecular flexibility index (Phi) is 2.68. The van der Waals surface area contributed by atoms with Gasteiger partial charge in [0.15, 0.2) is 10.4 Å². The number of hydrogen-bond donors (Lipinski definition) is 2. The Hall–Kier alpha value is -1.43. The maximum absolute atomic E-state index is 11.5. The summed E-state index contributed by atoms with van der Waals surface area (Å²) in [5.74, 6) is 0. The van der Waals surface area contributed by atoms with Crippen LogP contribution in [-0.2, 0) is 6.54 Å². The molecule has 0 saturated carbocycles. The Morgan fingerprint density at radius 2 is 2.40 bits per heavy atom. The van der Waals surface area contributed by atoms with Crippen molar-refractivity contribution in [3.8, 4) is 0 Å². The molecule has 80 valence electrons. The van der Waals surface area contributed by atoms with Gasteiger partial charge < -0.3 is 9.55 Å². The summed E-state index contributed by atoms with van der Waals surface area (Å²) in [6, 6.07) is 0. The number of aryl methyl sites for hydroxylation is 1. The smallest absolute Gasteiger partial charge is 0.277 e. The Balaban J connectivity index is 2.66. The molecule has 0 aliphatic heterocycles. The summed E-state index contributed by atoms with van der Waals surface area (Å²) in [6.07, 6.45) is 3.60. The van der Waals surface area contributed by atoms with E-state index in [9.17, 15) is 4.79 Å². The highest BCUT2D eigenvalue weighted by molar-refractivity contribution is 7.71. The highest BCUT2D eigenvalue weighted by atomic mass is 32.1. The average molecular weight is 224 g/mol. The minimum atomic E-state index is -0.208. The van der Waals surface area contributed by atoms with Crippen molar-refractivity contribution in [3.05, 3.63) is 21.5 Å². The second-order valence-electron chi connectivity index (χ2n) is 3.37. The fraction of sp³-hybridized carbons (Fsp3) is 0.444. The molecule has 0 atom stereocenters. The first-order valence-corrected chi connectivity index (χ1v) is 5.31. The second kappa shape index (κ2) is 3.98. The minimum absolute atomic E-state index is 0.208. The molecule has 0 aliphatic carbocycles. The monoisotopic (exact) mass is 224 g/mol. The molecule has 2 N–H and O–H groups in total. The Morgan fingerprint density at radius 1 is 1.60 bits per heavy atom. The third-order valence-electron chi connectivity index (χ3n) is 2.30. The van der Waals surface area contributed by atoms with Gasteiger partial charge in [-0.25, -0.2) is 4.98 Å². The SMILES string of the molecule is CCCCn1c(=S)[nH]c(=O)c2[nH]cnc21. The zero-order valence-electron chi connectivity index (χ0n) is 8.41. The van der Waals surface area contributed by atoms with Crippen LogP contribution in [0.4, 0.5) is 0 Å². The van der Waals surface area contributed by atoms with Crippen molar-refractivity contribution in [1.29, 1.82) is 0 Å². The molecule has 0 spiro atoms. The van der Waals surface area contributed by atoms with Crippen molar-refractivity contribution in [3.63, 3.8) is 0 Å². The van der Waals surface area contributed by atoms with E-state index in [0.717, 1.165) is 19.4 Å². The van der Waals surface area contributed by atoms with Crippen molar-refractivity contribution in [1.82, 2.24) is 19.5 Å². The molecular weight excluding hydrogens is 212 g/mol. The number of imidazole rings is 1. The second-order valence-corrected chi connectivity index (χ2v) is 3.75.